The lowest BCUT2D eigenvalue weighted by Gasteiger charge is -2.03. The number of rotatable bonds is 0. The van der Waals surface area contributed by atoms with Gasteiger partial charge in [-0.25, -0.2) is 0 Å². The molecule has 10 aromatic carbocycles. The second-order valence-corrected chi connectivity index (χ2v) is 19.0. The molecule has 0 heterocycles. The zero-order valence-electron chi connectivity index (χ0n) is 44.6. The maximum absolute atomic E-state index is 2.22. The van der Waals surface area contributed by atoms with Crippen molar-refractivity contribution < 1.29 is 0 Å². The van der Waals surface area contributed by atoms with Crippen LogP contribution in [0.4, 0.5) is 0 Å². The normalized spacial score (nSPS) is 9.96. The first-order valence-corrected chi connectivity index (χ1v) is 24.4. The van der Waals surface area contributed by atoms with E-state index in [0.717, 1.165) is 0 Å². The molecule has 0 aromatic heterocycles. The highest BCUT2D eigenvalue weighted by Gasteiger charge is 1.98. The largest absolute Gasteiger partial charge is 0.0620 e. The van der Waals surface area contributed by atoms with Gasteiger partial charge in [-0.1, -0.05) is 261 Å². The number of aryl methyl sites for hydroxylation is 15. The van der Waals surface area contributed by atoms with Crippen molar-refractivity contribution in [1.29, 1.82) is 0 Å². The van der Waals surface area contributed by atoms with E-state index in [-0.39, 0.29) is 0 Å². The van der Waals surface area contributed by atoms with Crippen LogP contribution in [-0.2, 0) is 0 Å². The van der Waals surface area contributed by atoms with Crippen LogP contribution in [0.15, 0.2) is 200 Å². The molecular weight excluding hydrogens is 829 g/mol. The SMILES string of the molecule is Cc1cc(C)cc(C)c1.Cc1ccc(C)c2ccccc12.Cc1ccc(C)cc1.Cc1ccc2cc(C)ccc2c1.Cc1ccc2ccc(C)cc2c1.Cc1cccc(C)c1.Cc1ccccc1C. The van der Waals surface area contributed by atoms with Crippen LogP contribution < -0.4 is 0 Å². The molecule has 0 fully saturated rings. The van der Waals surface area contributed by atoms with Crippen LogP contribution in [0.2, 0.25) is 0 Å². The molecule has 0 amide bonds. The second-order valence-electron chi connectivity index (χ2n) is 19.0. The Balaban J connectivity index is 0.000000177. The van der Waals surface area contributed by atoms with Crippen LogP contribution in [-0.4, -0.2) is 0 Å². The Bertz CT molecular complexity index is 2910. The van der Waals surface area contributed by atoms with Gasteiger partial charge in [0.2, 0.25) is 0 Å². The van der Waals surface area contributed by atoms with Crippen LogP contribution in [0.3, 0.4) is 0 Å². The van der Waals surface area contributed by atoms with E-state index >= 15 is 0 Å². The van der Waals surface area contributed by atoms with Gasteiger partial charge in [-0.2, -0.15) is 0 Å². The molecule has 0 unspecified atom stereocenters. The highest BCUT2D eigenvalue weighted by Crippen LogP contribution is 2.21. The topological polar surface area (TPSA) is 0 Å². The molecule has 0 spiro atoms. The lowest BCUT2D eigenvalue weighted by Crippen LogP contribution is -1.80. The molecule has 354 valence electrons. The van der Waals surface area contributed by atoms with Gasteiger partial charge in [0.25, 0.3) is 0 Å². The molecule has 0 N–H and O–H groups in total. The zero-order valence-corrected chi connectivity index (χ0v) is 44.6. The van der Waals surface area contributed by atoms with E-state index in [4.69, 9.17) is 0 Å². The number of hydrogen-bond acceptors (Lipinski definition) is 0. The van der Waals surface area contributed by atoms with E-state index in [1.807, 2.05) is 0 Å². The molecule has 0 saturated heterocycles. The fraction of sp³-hybridized carbons (Fsp3) is 0.217. The summed E-state index contributed by atoms with van der Waals surface area (Å²) in [5, 5.41) is 8.08. The van der Waals surface area contributed by atoms with Crippen LogP contribution in [0.25, 0.3) is 32.3 Å². The monoisotopic (exact) mass is 907 g/mol. The Morgan fingerprint density at radius 1 is 0.159 bits per heavy atom. The third-order valence-corrected chi connectivity index (χ3v) is 11.8. The number of benzene rings is 10. The Labute approximate surface area is 417 Å². The summed E-state index contributed by atoms with van der Waals surface area (Å²) in [6, 6.07) is 70.9. The van der Waals surface area contributed by atoms with Crippen molar-refractivity contribution in [3.05, 3.63) is 284 Å². The summed E-state index contributed by atoms with van der Waals surface area (Å²) >= 11 is 0. The lowest BCUT2D eigenvalue weighted by molar-refractivity contribution is 1.32. The van der Waals surface area contributed by atoms with Crippen LogP contribution in [0.5, 0.6) is 0 Å². The van der Waals surface area contributed by atoms with Gasteiger partial charge >= 0.3 is 0 Å². The summed E-state index contributed by atoms with van der Waals surface area (Å²) in [5.74, 6) is 0. The van der Waals surface area contributed by atoms with E-state index in [0.29, 0.717) is 0 Å². The first kappa shape index (κ1) is 54.6. The molecule has 0 aliphatic rings. The van der Waals surface area contributed by atoms with Crippen molar-refractivity contribution in [3.63, 3.8) is 0 Å². The van der Waals surface area contributed by atoms with Gasteiger partial charge < -0.3 is 0 Å². The minimum Gasteiger partial charge on any atom is -0.0620 e. The van der Waals surface area contributed by atoms with E-state index in [1.54, 1.807) is 0 Å². The Kier molecular flexibility index (Phi) is 21.9. The molecule has 10 rings (SSSR count). The predicted octanol–water partition coefficient (Wildman–Crippen LogP) is 19.9. The molecule has 0 aliphatic carbocycles. The number of hydrogen-bond donors (Lipinski definition) is 0. The van der Waals surface area contributed by atoms with Gasteiger partial charge in [0.15, 0.2) is 0 Å². The molecule has 69 heavy (non-hydrogen) atoms. The fourth-order valence-electron chi connectivity index (χ4n) is 7.88. The Hall–Kier alpha value is -7.02. The maximum atomic E-state index is 2.22. The summed E-state index contributed by atoms with van der Waals surface area (Å²) in [7, 11) is 0. The maximum Gasteiger partial charge on any atom is -0.0152 e. The first-order chi connectivity index (χ1) is 32.9. The first-order valence-electron chi connectivity index (χ1n) is 24.4. The van der Waals surface area contributed by atoms with E-state index in [1.165, 1.54) is 116 Å². The minimum absolute atomic E-state index is 1.33. The second kappa shape index (κ2) is 27.7. The molecule has 0 nitrogen and oxygen atoms in total. The predicted molar refractivity (Wildman–Crippen MR) is 309 cm³/mol. The summed E-state index contributed by atoms with van der Waals surface area (Å²) in [4.78, 5) is 0. The molecule has 0 atom stereocenters. The molecule has 0 bridgehead atoms. The van der Waals surface area contributed by atoms with Gasteiger partial charge in [-0.05, 0) is 158 Å². The van der Waals surface area contributed by atoms with Gasteiger partial charge in [-0.15, -0.1) is 0 Å². The van der Waals surface area contributed by atoms with Gasteiger partial charge in [-0.3, -0.25) is 0 Å². The van der Waals surface area contributed by atoms with E-state index in [2.05, 4.69) is 304 Å². The lowest BCUT2D eigenvalue weighted by atomic mass is 10.0. The summed E-state index contributed by atoms with van der Waals surface area (Å²) < 4.78 is 0. The van der Waals surface area contributed by atoms with Crippen molar-refractivity contribution in [2.24, 2.45) is 0 Å². The van der Waals surface area contributed by atoms with E-state index in [9.17, 15) is 0 Å². The molecular formula is C69H78. The van der Waals surface area contributed by atoms with Crippen molar-refractivity contribution in [2.45, 2.75) is 104 Å². The highest BCUT2D eigenvalue weighted by atomic mass is 14.0. The molecule has 0 heteroatoms. The average molecular weight is 907 g/mol. The van der Waals surface area contributed by atoms with Gasteiger partial charge in [0.05, 0.1) is 0 Å². The summed E-state index contributed by atoms with van der Waals surface area (Å²) in [6.45, 7) is 31.8. The highest BCUT2D eigenvalue weighted by molar-refractivity contribution is 5.88. The van der Waals surface area contributed by atoms with Gasteiger partial charge in [0, 0.05) is 0 Å². The summed E-state index contributed by atoms with van der Waals surface area (Å²) in [6.07, 6.45) is 0. The molecule has 0 radical (unpaired) electrons. The smallest absolute Gasteiger partial charge is 0.0152 e. The van der Waals surface area contributed by atoms with E-state index < -0.39 is 0 Å². The van der Waals surface area contributed by atoms with Gasteiger partial charge in [0.1, 0.15) is 0 Å². The Morgan fingerprint density at radius 3 is 0.754 bits per heavy atom. The molecule has 0 aliphatic heterocycles. The molecule has 0 saturated carbocycles. The standard InChI is InChI=1S/3C12H12.C9H12.3C8H10/c1-9-3-5-12-8-10(2)4-6-11(12)7-9;1-9-3-5-11-6-4-10(2)8-12(11)7-9;1-9-7-8-10(2)12-6-4-3-5-11(9)12;1-7-4-8(2)6-9(3)5-7;1-7-3-5-8(2)6-4-7;1-7-4-3-5-8(2)6-7;1-7-5-3-4-6-8(7)2/h3*3-8H,1-2H3;4-6H,1-3H3;3*3-6H,1-2H3. The van der Waals surface area contributed by atoms with Crippen molar-refractivity contribution in [2.75, 3.05) is 0 Å². The quantitative estimate of drug-likeness (QED) is 0.142. The third kappa shape index (κ3) is 19.6. The summed E-state index contributed by atoms with van der Waals surface area (Å²) in [5.41, 5.74) is 20.2. The van der Waals surface area contributed by atoms with Crippen LogP contribution in [0.1, 0.15) is 83.5 Å². The van der Waals surface area contributed by atoms with Crippen LogP contribution in [0, 0.1) is 104 Å². The number of fused-ring (bicyclic) bond motifs is 3. The van der Waals surface area contributed by atoms with Crippen molar-refractivity contribution in [1.82, 2.24) is 0 Å². The Morgan fingerprint density at radius 2 is 0.435 bits per heavy atom. The van der Waals surface area contributed by atoms with Crippen molar-refractivity contribution in [3.8, 4) is 0 Å². The average Bonchev–Trinajstić information content (AvgIpc) is 3.30. The minimum atomic E-state index is 1.33. The third-order valence-electron chi connectivity index (χ3n) is 11.8. The molecule has 10 aromatic rings. The van der Waals surface area contributed by atoms with Crippen molar-refractivity contribution >= 4 is 32.3 Å². The zero-order chi connectivity index (χ0) is 50.5. The fourth-order valence-corrected chi connectivity index (χ4v) is 7.88. The van der Waals surface area contributed by atoms with Crippen LogP contribution >= 0.6 is 0 Å².